The van der Waals surface area contributed by atoms with Crippen molar-refractivity contribution >= 4 is 16.8 Å². The van der Waals surface area contributed by atoms with Gasteiger partial charge in [0, 0.05) is 35.9 Å². The molecule has 30 heavy (non-hydrogen) atoms. The van der Waals surface area contributed by atoms with Crippen LogP contribution in [0.5, 0.6) is 0 Å². The number of aromatic nitrogens is 3. The van der Waals surface area contributed by atoms with Gasteiger partial charge in [0.2, 0.25) is 5.91 Å². The Morgan fingerprint density at radius 2 is 1.97 bits per heavy atom. The molecule has 1 aromatic carbocycles. The Bertz CT molecular complexity index is 973. The lowest BCUT2D eigenvalue weighted by Crippen LogP contribution is -2.41. The Kier molecular flexibility index (Phi) is 6.71. The van der Waals surface area contributed by atoms with Crippen LogP contribution in [0.3, 0.4) is 0 Å². The first-order chi connectivity index (χ1) is 14.7. The third kappa shape index (κ3) is 4.86. The third-order valence-corrected chi connectivity index (χ3v) is 5.87. The number of nitrogens with zero attached hydrogens (tertiary/aromatic N) is 4. The molecule has 0 aliphatic carbocycles. The number of rotatable bonds is 8. The standard InChI is InChI=1S/C23H29N5O2/c29-16-15-28-21(7-12-26-28)18-8-13-27(14-9-18)17-22(30)24-11-6-20-4-1-3-19-5-2-10-25-23(19)20/h1-5,7,10,12,18,29H,6,8-9,11,13-17H2,(H,24,30). The lowest BCUT2D eigenvalue weighted by molar-refractivity contribution is -0.122. The molecule has 1 fully saturated rings. The smallest absolute Gasteiger partial charge is 0.234 e. The van der Waals surface area contributed by atoms with E-state index in [0.717, 1.165) is 48.8 Å². The molecule has 0 spiro atoms. The summed E-state index contributed by atoms with van der Waals surface area (Å²) in [7, 11) is 0. The summed E-state index contributed by atoms with van der Waals surface area (Å²) in [5.74, 6) is 0.518. The van der Waals surface area contributed by atoms with Crippen molar-refractivity contribution in [2.75, 3.05) is 32.8 Å². The highest BCUT2D eigenvalue weighted by Gasteiger charge is 2.24. The van der Waals surface area contributed by atoms with E-state index in [0.29, 0.717) is 25.6 Å². The zero-order chi connectivity index (χ0) is 20.8. The maximum absolute atomic E-state index is 12.4. The van der Waals surface area contributed by atoms with Gasteiger partial charge in [0.05, 0.1) is 25.2 Å². The number of aliphatic hydroxyl groups is 1. The number of para-hydroxylation sites is 1. The Balaban J connectivity index is 1.22. The zero-order valence-electron chi connectivity index (χ0n) is 17.2. The third-order valence-electron chi connectivity index (χ3n) is 5.87. The van der Waals surface area contributed by atoms with E-state index < -0.39 is 0 Å². The van der Waals surface area contributed by atoms with Gasteiger partial charge in [-0.1, -0.05) is 24.3 Å². The zero-order valence-corrected chi connectivity index (χ0v) is 17.2. The van der Waals surface area contributed by atoms with Crippen molar-refractivity contribution in [3.05, 3.63) is 60.0 Å². The summed E-state index contributed by atoms with van der Waals surface area (Å²) in [5, 5.41) is 17.7. The van der Waals surface area contributed by atoms with Gasteiger partial charge in [-0.15, -0.1) is 0 Å². The number of hydrogen-bond donors (Lipinski definition) is 2. The van der Waals surface area contributed by atoms with E-state index >= 15 is 0 Å². The number of carbonyl (C=O) groups is 1. The van der Waals surface area contributed by atoms with Gasteiger partial charge in [-0.3, -0.25) is 19.4 Å². The van der Waals surface area contributed by atoms with Crippen LogP contribution in [-0.2, 0) is 17.8 Å². The molecule has 4 rings (SSSR count). The van der Waals surface area contributed by atoms with Crippen molar-refractivity contribution < 1.29 is 9.90 Å². The molecule has 0 atom stereocenters. The molecule has 158 valence electrons. The van der Waals surface area contributed by atoms with Gasteiger partial charge < -0.3 is 10.4 Å². The largest absolute Gasteiger partial charge is 0.394 e. The van der Waals surface area contributed by atoms with E-state index in [1.807, 2.05) is 29.1 Å². The van der Waals surface area contributed by atoms with Gasteiger partial charge in [0.1, 0.15) is 0 Å². The number of nitrogens with one attached hydrogen (secondary N) is 1. The van der Waals surface area contributed by atoms with Crippen molar-refractivity contribution in [2.24, 2.45) is 0 Å². The number of amides is 1. The average Bonchev–Trinajstić information content (AvgIpc) is 3.23. The predicted molar refractivity (Wildman–Crippen MR) is 116 cm³/mol. The fraction of sp³-hybridized carbons (Fsp3) is 0.435. The summed E-state index contributed by atoms with van der Waals surface area (Å²) < 4.78 is 1.90. The molecule has 1 aliphatic heterocycles. The van der Waals surface area contributed by atoms with Crippen LogP contribution in [0.4, 0.5) is 0 Å². The Labute approximate surface area is 176 Å². The average molecular weight is 408 g/mol. The molecule has 0 bridgehead atoms. The SMILES string of the molecule is O=C(CN1CCC(c2ccnn2CCO)CC1)NCCc1cccc2cccnc12. The summed E-state index contributed by atoms with van der Waals surface area (Å²) in [6, 6.07) is 12.2. The minimum atomic E-state index is 0.0759. The van der Waals surface area contributed by atoms with Gasteiger partial charge in [-0.25, -0.2) is 0 Å². The number of carbonyl (C=O) groups excluding carboxylic acids is 1. The fourth-order valence-electron chi connectivity index (χ4n) is 4.32. The van der Waals surface area contributed by atoms with Crippen LogP contribution >= 0.6 is 0 Å². The van der Waals surface area contributed by atoms with Gasteiger partial charge >= 0.3 is 0 Å². The number of likely N-dealkylation sites (tertiary alicyclic amines) is 1. The molecule has 0 unspecified atom stereocenters. The second kappa shape index (κ2) is 9.82. The maximum atomic E-state index is 12.4. The van der Waals surface area contributed by atoms with Crippen molar-refractivity contribution in [1.29, 1.82) is 0 Å². The fourth-order valence-corrected chi connectivity index (χ4v) is 4.32. The number of aliphatic hydroxyl groups excluding tert-OH is 1. The van der Waals surface area contributed by atoms with Gasteiger partial charge in [0.25, 0.3) is 0 Å². The van der Waals surface area contributed by atoms with Crippen LogP contribution in [-0.4, -0.2) is 63.5 Å². The lowest BCUT2D eigenvalue weighted by Gasteiger charge is -2.31. The second-order valence-electron chi connectivity index (χ2n) is 7.85. The monoisotopic (exact) mass is 407 g/mol. The number of fused-ring (bicyclic) bond motifs is 1. The van der Waals surface area contributed by atoms with Crippen LogP contribution in [0.15, 0.2) is 48.8 Å². The second-order valence-corrected chi connectivity index (χ2v) is 7.85. The van der Waals surface area contributed by atoms with Gasteiger partial charge in [-0.05, 0) is 50.0 Å². The molecule has 1 saturated heterocycles. The molecule has 7 heteroatoms. The number of benzene rings is 1. The van der Waals surface area contributed by atoms with Crippen LogP contribution in [0, 0.1) is 0 Å². The quantitative estimate of drug-likeness (QED) is 0.596. The molecule has 1 amide bonds. The van der Waals surface area contributed by atoms with Crippen LogP contribution in [0.1, 0.15) is 30.0 Å². The first-order valence-electron chi connectivity index (χ1n) is 10.7. The molecule has 1 aliphatic rings. The highest BCUT2D eigenvalue weighted by atomic mass is 16.3. The summed E-state index contributed by atoms with van der Waals surface area (Å²) in [4.78, 5) is 19.1. The molecular formula is C23H29N5O2. The van der Waals surface area contributed by atoms with E-state index in [9.17, 15) is 9.90 Å². The Morgan fingerprint density at radius 1 is 1.13 bits per heavy atom. The highest BCUT2D eigenvalue weighted by Crippen LogP contribution is 2.27. The van der Waals surface area contributed by atoms with E-state index in [4.69, 9.17) is 0 Å². The van der Waals surface area contributed by atoms with E-state index in [1.165, 1.54) is 5.69 Å². The minimum Gasteiger partial charge on any atom is -0.394 e. The van der Waals surface area contributed by atoms with Crippen molar-refractivity contribution in [1.82, 2.24) is 25.0 Å². The summed E-state index contributed by atoms with van der Waals surface area (Å²) >= 11 is 0. The number of hydrogen-bond acceptors (Lipinski definition) is 5. The van der Waals surface area contributed by atoms with Gasteiger partial charge in [0.15, 0.2) is 0 Å². The normalized spacial score (nSPS) is 15.5. The van der Waals surface area contributed by atoms with E-state index in [2.05, 4.69) is 38.5 Å². The summed E-state index contributed by atoms with van der Waals surface area (Å²) in [6.07, 6.45) is 6.40. The minimum absolute atomic E-state index is 0.0759. The lowest BCUT2D eigenvalue weighted by atomic mass is 9.93. The molecular weight excluding hydrogens is 378 g/mol. The van der Waals surface area contributed by atoms with E-state index in [1.54, 1.807) is 6.20 Å². The maximum Gasteiger partial charge on any atom is 0.234 e. The molecule has 2 N–H and O–H groups in total. The molecule has 3 aromatic rings. The highest BCUT2D eigenvalue weighted by molar-refractivity contribution is 5.81. The van der Waals surface area contributed by atoms with Crippen molar-refractivity contribution in [3.63, 3.8) is 0 Å². The van der Waals surface area contributed by atoms with E-state index in [-0.39, 0.29) is 12.5 Å². The molecule has 7 nitrogen and oxygen atoms in total. The van der Waals surface area contributed by atoms with Crippen LogP contribution in [0.2, 0.25) is 0 Å². The van der Waals surface area contributed by atoms with Gasteiger partial charge in [-0.2, -0.15) is 5.10 Å². The molecule has 0 saturated carbocycles. The predicted octanol–water partition coefficient (Wildman–Crippen LogP) is 1.96. The number of pyridine rings is 1. The molecule has 2 aromatic heterocycles. The van der Waals surface area contributed by atoms with Crippen LogP contribution in [0.25, 0.3) is 10.9 Å². The summed E-state index contributed by atoms with van der Waals surface area (Å²) in [6.45, 7) is 3.49. The Morgan fingerprint density at radius 3 is 2.80 bits per heavy atom. The van der Waals surface area contributed by atoms with Crippen LogP contribution < -0.4 is 5.32 Å². The summed E-state index contributed by atoms with van der Waals surface area (Å²) in [5.41, 5.74) is 3.36. The van der Waals surface area contributed by atoms with Crippen molar-refractivity contribution in [2.45, 2.75) is 31.7 Å². The first kappa shape index (κ1) is 20.5. The molecule has 0 radical (unpaired) electrons. The van der Waals surface area contributed by atoms with Crippen molar-refractivity contribution in [3.8, 4) is 0 Å². The first-order valence-corrected chi connectivity index (χ1v) is 10.7. The molecule has 3 heterocycles. The topological polar surface area (TPSA) is 83.3 Å². The Hall–Kier alpha value is -2.77. The number of piperidine rings is 1.